The Bertz CT molecular complexity index is 837. The summed E-state index contributed by atoms with van der Waals surface area (Å²) < 4.78 is 0. The van der Waals surface area contributed by atoms with Crippen LogP contribution in [0.3, 0.4) is 0 Å². The standard InChI is InChI=1S/C17H18ClN7/c18-12-5-3-9-19-17(12)15-8-2-7-14(21-15)13-6-1-4-11(20-13)10-16-22-24-25-23-16/h1,3-6,9,14-15,21H,2,7-8,10H2,(H,22,23,24,25)/t14-,15+/m1/s1. The van der Waals surface area contributed by atoms with Gasteiger partial charge in [-0.05, 0) is 43.5 Å². The van der Waals surface area contributed by atoms with Gasteiger partial charge < -0.3 is 5.32 Å². The van der Waals surface area contributed by atoms with Crippen molar-refractivity contribution in [1.82, 2.24) is 35.9 Å². The predicted molar refractivity (Wildman–Crippen MR) is 92.9 cm³/mol. The molecule has 3 aromatic heterocycles. The minimum Gasteiger partial charge on any atom is -0.300 e. The molecule has 1 aliphatic heterocycles. The Hall–Kier alpha value is -2.38. The average Bonchev–Trinajstić information content (AvgIpc) is 3.15. The molecular weight excluding hydrogens is 338 g/mol. The smallest absolute Gasteiger partial charge is 0.180 e. The van der Waals surface area contributed by atoms with Gasteiger partial charge in [-0.1, -0.05) is 22.9 Å². The van der Waals surface area contributed by atoms with Crippen LogP contribution in [0, 0.1) is 0 Å². The van der Waals surface area contributed by atoms with E-state index in [1.54, 1.807) is 6.20 Å². The number of rotatable bonds is 4. The Balaban J connectivity index is 1.52. The molecule has 0 unspecified atom stereocenters. The molecule has 25 heavy (non-hydrogen) atoms. The Labute approximate surface area is 150 Å². The van der Waals surface area contributed by atoms with E-state index in [2.05, 4.69) is 37.0 Å². The van der Waals surface area contributed by atoms with Crippen LogP contribution < -0.4 is 5.32 Å². The largest absolute Gasteiger partial charge is 0.300 e. The van der Waals surface area contributed by atoms with Gasteiger partial charge in [0.25, 0.3) is 0 Å². The number of hydrogen-bond donors (Lipinski definition) is 2. The number of halogens is 1. The SMILES string of the molecule is Clc1cccnc1[C@@H]1CCC[C@H](c2cccc(Cc3nn[nH]n3)n2)N1. The Kier molecular flexibility index (Phi) is 4.67. The van der Waals surface area contributed by atoms with Gasteiger partial charge in [0.1, 0.15) is 0 Å². The molecule has 128 valence electrons. The highest BCUT2D eigenvalue weighted by molar-refractivity contribution is 6.31. The van der Waals surface area contributed by atoms with Crippen LogP contribution in [0.5, 0.6) is 0 Å². The summed E-state index contributed by atoms with van der Waals surface area (Å²) >= 11 is 6.32. The molecule has 2 N–H and O–H groups in total. The molecule has 4 rings (SSSR count). The molecule has 4 heterocycles. The zero-order valence-electron chi connectivity index (χ0n) is 13.6. The molecule has 2 atom stereocenters. The van der Waals surface area contributed by atoms with Crippen molar-refractivity contribution in [3.63, 3.8) is 0 Å². The van der Waals surface area contributed by atoms with Crippen molar-refractivity contribution in [3.8, 4) is 0 Å². The number of pyridine rings is 2. The zero-order chi connectivity index (χ0) is 17.1. The molecule has 0 saturated carbocycles. The Morgan fingerprint density at radius 1 is 1.12 bits per heavy atom. The first kappa shape index (κ1) is 16.1. The molecule has 0 bridgehead atoms. The first-order chi connectivity index (χ1) is 12.3. The number of H-pyrrole nitrogens is 1. The van der Waals surface area contributed by atoms with Gasteiger partial charge in [-0.25, -0.2) is 0 Å². The fourth-order valence-corrected chi connectivity index (χ4v) is 3.50. The summed E-state index contributed by atoms with van der Waals surface area (Å²) in [5.41, 5.74) is 2.87. The summed E-state index contributed by atoms with van der Waals surface area (Å²) in [6.07, 6.45) is 5.52. The number of aromatic amines is 1. The van der Waals surface area contributed by atoms with Gasteiger partial charge in [0.2, 0.25) is 0 Å². The summed E-state index contributed by atoms with van der Waals surface area (Å²) in [5, 5.41) is 18.4. The van der Waals surface area contributed by atoms with Gasteiger partial charge in [-0.3, -0.25) is 9.97 Å². The van der Waals surface area contributed by atoms with Crippen LogP contribution in [0.15, 0.2) is 36.5 Å². The first-order valence-electron chi connectivity index (χ1n) is 8.34. The van der Waals surface area contributed by atoms with Gasteiger partial charge in [0, 0.05) is 17.9 Å². The third-order valence-corrected chi connectivity index (χ3v) is 4.74. The van der Waals surface area contributed by atoms with Gasteiger partial charge in [0.15, 0.2) is 5.82 Å². The Morgan fingerprint density at radius 2 is 2.04 bits per heavy atom. The van der Waals surface area contributed by atoms with Crippen LogP contribution >= 0.6 is 11.6 Å². The summed E-state index contributed by atoms with van der Waals surface area (Å²) in [4.78, 5) is 9.24. The predicted octanol–water partition coefficient (Wildman–Crippen LogP) is 2.79. The van der Waals surface area contributed by atoms with Gasteiger partial charge >= 0.3 is 0 Å². The Morgan fingerprint density at radius 3 is 2.88 bits per heavy atom. The number of hydrogen-bond acceptors (Lipinski definition) is 6. The van der Waals surface area contributed by atoms with E-state index in [1.165, 1.54) is 0 Å². The van der Waals surface area contributed by atoms with Crippen molar-refractivity contribution in [2.75, 3.05) is 0 Å². The third-order valence-electron chi connectivity index (χ3n) is 4.42. The quantitative estimate of drug-likeness (QED) is 0.747. The van der Waals surface area contributed by atoms with Crippen LogP contribution in [-0.4, -0.2) is 30.6 Å². The first-order valence-corrected chi connectivity index (χ1v) is 8.72. The van der Waals surface area contributed by atoms with E-state index in [-0.39, 0.29) is 12.1 Å². The number of tetrazole rings is 1. The molecule has 0 spiro atoms. The average molecular weight is 356 g/mol. The normalized spacial score (nSPS) is 20.5. The van der Waals surface area contributed by atoms with Crippen molar-refractivity contribution >= 4 is 11.6 Å². The lowest BCUT2D eigenvalue weighted by Crippen LogP contribution is -2.32. The minimum absolute atomic E-state index is 0.148. The summed E-state index contributed by atoms with van der Waals surface area (Å²) in [7, 11) is 0. The van der Waals surface area contributed by atoms with E-state index in [0.717, 1.165) is 36.3 Å². The lowest BCUT2D eigenvalue weighted by Gasteiger charge is -2.31. The summed E-state index contributed by atoms with van der Waals surface area (Å²) in [5.74, 6) is 0.638. The van der Waals surface area contributed by atoms with Crippen LogP contribution in [0.1, 0.15) is 54.3 Å². The molecule has 0 aliphatic carbocycles. The van der Waals surface area contributed by atoms with Crippen molar-refractivity contribution in [3.05, 3.63) is 64.5 Å². The van der Waals surface area contributed by atoms with Gasteiger partial charge in [-0.2, -0.15) is 5.21 Å². The second-order valence-corrected chi connectivity index (χ2v) is 6.54. The molecule has 0 radical (unpaired) electrons. The minimum atomic E-state index is 0.148. The highest BCUT2D eigenvalue weighted by Crippen LogP contribution is 2.33. The van der Waals surface area contributed by atoms with Crippen LogP contribution in [0.4, 0.5) is 0 Å². The lowest BCUT2D eigenvalue weighted by atomic mass is 9.94. The second-order valence-electron chi connectivity index (χ2n) is 6.13. The highest BCUT2D eigenvalue weighted by Gasteiger charge is 2.26. The molecule has 0 aromatic carbocycles. The van der Waals surface area contributed by atoms with E-state index >= 15 is 0 Å². The maximum atomic E-state index is 6.32. The van der Waals surface area contributed by atoms with E-state index in [0.29, 0.717) is 17.3 Å². The van der Waals surface area contributed by atoms with Crippen molar-refractivity contribution in [2.45, 2.75) is 37.8 Å². The molecule has 8 heteroatoms. The second kappa shape index (κ2) is 7.25. The van der Waals surface area contributed by atoms with E-state index < -0.39 is 0 Å². The van der Waals surface area contributed by atoms with Crippen molar-refractivity contribution < 1.29 is 0 Å². The lowest BCUT2D eigenvalue weighted by molar-refractivity contribution is 0.321. The van der Waals surface area contributed by atoms with Crippen LogP contribution in [0.25, 0.3) is 0 Å². The van der Waals surface area contributed by atoms with Gasteiger partial charge in [-0.15, -0.1) is 10.2 Å². The number of nitrogens with one attached hydrogen (secondary N) is 2. The van der Waals surface area contributed by atoms with Crippen LogP contribution in [-0.2, 0) is 6.42 Å². The van der Waals surface area contributed by atoms with Gasteiger partial charge in [0.05, 0.1) is 28.9 Å². The van der Waals surface area contributed by atoms with E-state index in [4.69, 9.17) is 16.6 Å². The topological polar surface area (TPSA) is 92.3 Å². The fraction of sp³-hybridized carbons (Fsp3) is 0.353. The monoisotopic (exact) mass is 355 g/mol. The number of piperidine rings is 1. The molecule has 3 aromatic rings. The van der Waals surface area contributed by atoms with E-state index in [9.17, 15) is 0 Å². The highest BCUT2D eigenvalue weighted by atomic mass is 35.5. The molecule has 1 aliphatic rings. The summed E-state index contributed by atoms with van der Waals surface area (Å²) in [6, 6.07) is 10.1. The molecule has 1 saturated heterocycles. The van der Waals surface area contributed by atoms with Crippen molar-refractivity contribution in [2.24, 2.45) is 0 Å². The zero-order valence-corrected chi connectivity index (χ0v) is 14.3. The van der Waals surface area contributed by atoms with E-state index in [1.807, 2.05) is 24.3 Å². The molecule has 7 nitrogen and oxygen atoms in total. The number of nitrogens with zero attached hydrogens (tertiary/aromatic N) is 5. The maximum absolute atomic E-state index is 6.32. The molecule has 0 amide bonds. The molecule has 1 fully saturated rings. The fourth-order valence-electron chi connectivity index (χ4n) is 3.25. The van der Waals surface area contributed by atoms with Crippen molar-refractivity contribution in [1.29, 1.82) is 0 Å². The number of aromatic nitrogens is 6. The maximum Gasteiger partial charge on any atom is 0.180 e. The third kappa shape index (κ3) is 3.67. The summed E-state index contributed by atoms with van der Waals surface area (Å²) in [6.45, 7) is 0. The van der Waals surface area contributed by atoms with Crippen LogP contribution in [0.2, 0.25) is 5.02 Å². The molecular formula is C17H18ClN7.